The molecule has 1 N–H and O–H groups in total. The van der Waals surface area contributed by atoms with Gasteiger partial charge in [0, 0.05) is 12.1 Å². The SMILES string of the molecule is CCC(C)NC(=O)/C=C/c1ccc(OCc2ccccc2)c(OC)c1. The van der Waals surface area contributed by atoms with Gasteiger partial charge in [-0.3, -0.25) is 4.79 Å². The summed E-state index contributed by atoms with van der Waals surface area (Å²) in [5.41, 5.74) is 1.97. The first-order chi connectivity index (χ1) is 12.1. The van der Waals surface area contributed by atoms with Gasteiger partial charge in [-0.05, 0) is 42.7 Å². The first-order valence-electron chi connectivity index (χ1n) is 8.45. The fourth-order valence-corrected chi connectivity index (χ4v) is 2.21. The molecule has 2 aromatic carbocycles. The van der Waals surface area contributed by atoms with Gasteiger partial charge in [0.05, 0.1) is 7.11 Å². The summed E-state index contributed by atoms with van der Waals surface area (Å²) in [6, 6.07) is 15.7. The molecular weight excluding hydrogens is 314 g/mol. The first-order valence-corrected chi connectivity index (χ1v) is 8.45. The van der Waals surface area contributed by atoms with E-state index in [1.54, 1.807) is 13.2 Å². The standard InChI is InChI=1S/C21H25NO3/c1-4-16(2)22-21(23)13-11-17-10-12-19(20(14-17)24-3)25-15-18-8-6-5-7-9-18/h5-14,16H,4,15H2,1-3H3,(H,22,23)/b13-11+. The summed E-state index contributed by atoms with van der Waals surface area (Å²) in [5.74, 6) is 1.21. The summed E-state index contributed by atoms with van der Waals surface area (Å²) >= 11 is 0. The predicted molar refractivity (Wildman–Crippen MR) is 101 cm³/mol. The van der Waals surface area contributed by atoms with Crippen LogP contribution in [0.1, 0.15) is 31.4 Å². The lowest BCUT2D eigenvalue weighted by molar-refractivity contribution is -0.117. The van der Waals surface area contributed by atoms with Crippen LogP contribution in [0.5, 0.6) is 11.5 Å². The van der Waals surface area contributed by atoms with E-state index in [1.165, 1.54) is 6.08 Å². The number of amides is 1. The highest BCUT2D eigenvalue weighted by atomic mass is 16.5. The van der Waals surface area contributed by atoms with Crippen molar-refractivity contribution >= 4 is 12.0 Å². The molecule has 0 aliphatic rings. The lowest BCUT2D eigenvalue weighted by atomic mass is 10.1. The van der Waals surface area contributed by atoms with Gasteiger partial charge in [0.25, 0.3) is 0 Å². The fourth-order valence-electron chi connectivity index (χ4n) is 2.21. The minimum Gasteiger partial charge on any atom is -0.493 e. The Morgan fingerprint density at radius 1 is 1.16 bits per heavy atom. The quantitative estimate of drug-likeness (QED) is 0.733. The van der Waals surface area contributed by atoms with Gasteiger partial charge >= 0.3 is 0 Å². The van der Waals surface area contributed by atoms with Crippen molar-refractivity contribution in [3.8, 4) is 11.5 Å². The number of rotatable bonds is 8. The highest BCUT2D eigenvalue weighted by molar-refractivity contribution is 5.91. The molecule has 4 heteroatoms. The number of carbonyl (C=O) groups is 1. The molecule has 1 amide bonds. The summed E-state index contributed by atoms with van der Waals surface area (Å²) in [6.07, 6.45) is 4.20. The monoisotopic (exact) mass is 339 g/mol. The maximum absolute atomic E-state index is 11.8. The zero-order chi connectivity index (χ0) is 18.1. The minimum absolute atomic E-state index is 0.0993. The molecule has 0 fully saturated rings. The molecular formula is C21H25NO3. The van der Waals surface area contributed by atoms with Gasteiger partial charge in [-0.25, -0.2) is 0 Å². The van der Waals surface area contributed by atoms with Crippen molar-refractivity contribution in [1.29, 1.82) is 0 Å². The second-order valence-corrected chi connectivity index (χ2v) is 5.84. The molecule has 1 unspecified atom stereocenters. The average molecular weight is 339 g/mol. The first kappa shape index (κ1) is 18.6. The van der Waals surface area contributed by atoms with E-state index in [4.69, 9.17) is 9.47 Å². The third kappa shape index (κ3) is 5.99. The summed E-state index contributed by atoms with van der Waals surface area (Å²) < 4.78 is 11.2. The number of benzene rings is 2. The lowest BCUT2D eigenvalue weighted by Crippen LogP contribution is -2.30. The molecule has 2 rings (SSSR count). The smallest absolute Gasteiger partial charge is 0.244 e. The Labute approximate surface area is 149 Å². The predicted octanol–water partition coefficient (Wildman–Crippen LogP) is 4.20. The summed E-state index contributed by atoms with van der Waals surface area (Å²) in [4.78, 5) is 11.8. The third-order valence-electron chi connectivity index (χ3n) is 3.85. The van der Waals surface area contributed by atoms with Crippen LogP contribution in [0.3, 0.4) is 0 Å². The maximum Gasteiger partial charge on any atom is 0.244 e. The van der Waals surface area contributed by atoms with Gasteiger partial charge in [-0.1, -0.05) is 43.3 Å². The van der Waals surface area contributed by atoms with Crippen LogP contribution in [-0.2, 0) is 11.4 Å². The minimum atomic E-state index is -0.0993. The molecule has 2 aromatic rings. The zero-order valence-electron chi connectivity index (χ0n) is 15.0. The molecule has 0 aromatic heterocycles. The van der Waals surface area contributed by atoms with Gasteiger partial charge in [0.2, 0.25) is 5.91 Å². The maximum atomic E-state index is 11.8. The Bertz CT molecular complexity index is 710. The molecule has 0 radical (unpaired) electrons. The third-order valence-corrected chi connectivity index (χ3v) is 3.85. The Balaban J connectivity index is 2.02. The highest BCUT2D eigenvalue weighted by Gasteiger charge is 2.06. The Morgan fingerprint density at radius 3 is 2.60 bits per heavy atom. The Kier molecular flexibility index (Phi) is 7.08. The van der Waals surface area contributed by atoms with E-state index in [-0.39, 0.29) is 11.9 Å². The number of hydrogen-bond donors (Lipinski definition) is 1. The molecule has 0 bridgehead atoms. The molecule has 0 aliphatic carbocycles. The van der Waals surface area contributed by atoms with Crippen LogP contribution in [0, 0.1) is 0 Å². The van der Waals surface area contributed by atoms with Crippen LogP contribution in [0.15, 0.2) is 54.6 Å². The normalized spacial score (nSPS) is 12.0. The van der Waals surface area contributed by atoms with Crippen LogP contribution >= 0.6 is 0 Å². The Morgan fingerprint density at radius 2 is 1.92 bits per heavy atom. The molecule has 25 heavy (non-hydrogen) atoms. The number of carbonyl (C=O) groups excluding carboxylic acids is 1. The van der Waals surface area contributed by atoms with Crippen molar-refractivity contribution in [1.82, 2.24) is 5.32 Å². The van der Waals surface area contributed by atoms with Crippen molar-refractivity contribution in [2.75, 3.05) is 7.11 Å². The van der Waals surface area contributed by atoms with Crippen LogP contribution in [0.2, 0.25) is 0 Å². The summed E-state index contributed by atoms with van der Waals surface area (Å²) in [6.45, 7) is 4.49. The lowest BCUT2D eigenvalue weighted by Gasteiger charge is -2.11. The van der Waals surface area contributed by atoms with Crippen molar-refractivity contribution in [2.24, 2.45) is 0 Å². The van der Waals surface area contributed by atoms with Gasteiger partial charge < -0.3 is 14.8 Å². The number of hydrogen-bond acceptors (Lipinski definition) is 3. The molecule has 0 saturated carbocycles. The van der Waals surface area contributed by atoms with Gasteiger partial charge in [-0.15, -0.1) is 0 Å². The van der Waals surface area contributed by atoms with E-state index in [2.05, 4.69) is 5.32 Å². The van der Waals surface area contributed by atoms with Crippen molar-refractivity contribution in [2.45, 2.75) is 32.9 Å². The number of ether oxygens (including phenoxy) is 2. The second-order valence-electron chi connectivity index (χ2n) is 5.84. The molecule has 0 spiro atoms. The van der Waals surface area contributed by atoms with E-state index in [1.807, 2.05) is 62.4 Å². The van der Waals surface area contributed by atoms with E-state index in [0.29, 0.717) is 18.1 Å². The van der Waals surface area contributed by atoms with Crippen molar-refractivity contribution in [3.05, 3.63) is 65.7 Å². The Hall–Kier alpha value is -2.75. The summed E-state index contributed by atoms with van der Waals surface area (Å²) in [5, 5.41) is 2.90. The van der Waals surface area contributed by atoms with Crippen molar-refractivity contribution < 1.29 is 14.3 Å². The molecule has 0 heterocycles. The van der Waals surface area contributed by atoms with Gasteiger partial charge in [0.15, 0.2) is 11.5 Å². The van der Waals surface area contributed by atoms with Crippen LogP contribution in [-0.4, -0.2) is 19.1 Å². The molecule has 0 saturated heterocycles. The second kappa shape index (κ2) is 9.52. The van der Waals surface area contributed by atoms with E-state index in [9.17, 15) is 4.79 Å². The van der Waals surface area contributed by atoms with E-state index < -0.39 is 0 Å². The van der Waals surface area contributed by atoms with Crippen LogP contribution < -0.4 is 14.8 Å². The van der Waals surface area contributed by atoms with Crippen molar-refractivity contribution in [3.63, 3.8) is 0 Å². The van der Waals surface area contributed by atoms with Gasteiger partial charge in [-0.2, -0.15) is 0 Å². The molecule has 4 nitrogen and oxygen atoms in total. The molecule has 1 atom stereocenters. The molecule has 0 aliphatic heterocycles. The largest absolute Gasteiger partial charge is 0.493 e. The van der Waals surface area contributed by atoms with E-state index >= 15 is 0 Å². The number of nitrogens with one attached hydrogen (secondary N) is 1. The fraction of sp³-hybridized carbons (Fsp3) is 0.286. The van der Waals surface area contributed by atoms with E-state index in [0.717, 1.165) is 17.5 Å². The number of methoxy groups -OCH3 is 1. The molecule has 132 valence electrons. The topological polar surface area (TPSA) is 47.6 Å². The van der Waals surface area contributed by atoms with Crippen LogP contribution in [0.4, 0.5) is 0 Å². The van der Waals surface area contributed by atoms with Crippen LogP contribution in [0.25, 0.3) is 6.08 Å². The zero-order valence-corrected chi connectivity index (χ0v) is 15.0. The average Bonchev–Trinajstić information content (AvgIpc) is 2.65. The summed E-state index contributed by atoms with van der Waals surface area (Å²) in [7, 11) is 1.61. The highest BCUT2D eigenvalue weighted by Crippen LogP contribution is 2.29. The van der Waals surface area contributed by atoms with Gasteiger partial charge in [0.1, 0.15) is 6.61 Å².